The number of primary amides is 1. The molecule has 1 saturated heterocycles. The van der Waals surface area contributed by atoms with Crippen molar-refractivity contribution >= 4 is 5.91 Å². The van der Waals surface area contributed by atoms with Crippen molar-refractivity contribution < 1.29 is 9.53 Å². The van der Waals surface area contributed by atoms with Gasteiger partial charge in [-0.25, -0.2) is 0 Å². The summed E-state index contributed by atoms with van der Waals surface area (Å²) in [5, 5.41) is 0. The lowest BCUT2D eigenvalue weighted by atomic mass is 9.53. The molecule has 0 aromatic rings. The summed E-state index contributed by atoms with van der Waals surface area (Å²) in [5.74, 6) is -0.179. The molecule has 3 atom stereocenters. The van der Waals surface area contributed by atoms with Crippen LogP contribution in [0.3, 0.4) is 0 Å². The number of unbranched alkanes of at least 4 members (excludes halogenated alkanes) is 8. The Morgan fingerprint density at radius 1 is 0.923 bits per heavy atom. The highest BCUT2D eigenvalue weighted by Gasteiger charge is 2.64. The average molecular weight is 366 g/mol. The number of hydrogen-bond donors (Lipinski definition) is 1. The number of nitrogens with two attached hydrogens (primary N) is 1. The molecule has 0 aromatic heterocycles. The van der Waals surface area contributed by atoms with E-state index in [-0.39, 0.29) is 22.8 Å². The van der Waals surface area contributed by atoms with Crippen LogP contribution in [0.15, 0.2) is 0 Å². The molecular weight excluding hydrogens is 322 g/mol. The Morgan fingerprint density at radius 3 is 2.04 bits per heavy atom. The second-order valence-corrected chi connectivity index (χ2v) is 8.99. The van der Waals surface area contributed by atoms with Gasteiger partial charge in [0.05, 0.1) is 18.1 Å². The van der Waals surface area contributed by atoms with Gasteiger partial charge >= 0.3 is 0 Å². The molecule has 3 unspecified atom stereocenters. The molecule has 1 aliphatic carbocycles. The van der Waals surface area contributed by atoms with E-state index in [4.69, 9.17) is 10.5 Å². The van der Waals surface area contributed by atoms with Crippen molar-refractivity contribution in [2.45, 2.75) is 122 Å². The highest BCUT2D eigenvalue weighted by atomic mass is 16.5. The summed E-state index contributed by atoms with van der Waals surface area (Å²) in [6.07, 6.45) is 19.9. The number of amides is 1. The zero-order chi connectivity index (χ0) is 18.9. The monoisotopic (exact) mass is 365 g/mol. The largest absolute Gasteiger partial charge is 0.373 e. The normalized spacial score (nSPS) is 31.1. The number of hydrogen-bond acceptors (Lipinski definition) is 2. The summed E-state index contributed by atoms with van der Waals surface area (Å²) in [6.45, 7) is 5.40. The average Bonchev–Trinajstić information content (AvgIpc) is 2.65. The van der Waals surface area contributed by atoms with Crippen LogP contribution in [-0.4, -0.2) is 18.1 Å². The molecule has 1 heterocycles. The van der Waals surface area contributed by atoms with E-state index in [1.54, 1.807) is 0 Å². The van der Waals surface area contributed by atoms with Crippen LogP contribution in [0.25, 0.3) is 0 Å². The van der Waals surface area contributed by atoms with E-state index in [0.717, 1.165) is 25.9 Å². The van der Waals surface area contributed by atoms with E-state index < -0.39 is 0 Å². The van der Waals surface area contributed by atoms with Crippen molar-refractivity contribution in [2.75, 3.05) is 6.61 Å². The summed E-state index contributed by atoms with van der Waals surface area (Å²) in [5.41, 5.74) is 5.82. The van der Waals surface area contributed by atoms with Crippen LogP contribution >= 0.6 is 0 Å². The molecule has 3 nitrogen and oxygen atoms in total. The molecule has 1 aliphatic heterocycles. The van der Waals surface area contributed by atoms with E-state index in [0.29, 0.717) is 0 Å². The van der Waals surface area contributed by atoms with Crippen molar-refractivity contribution in [3.8, 4) is 0 Å². The third kappa shape index (κ3) is 4.82. The van der Waals surface area contributed by atoms with Crippen molar-refractivity contribution in [1.29, 1.82) is 0 Å². The van der Waals surface area contributed by atoms with E-state index >= 15 is 0 Å². The SMILES string of the molecule is CCCCCCCCC1(CCCCCC)COC12CCCCC2C(N)=O. The Kier molecular flexibility index (Phi) is 8.93. The van der Waals surface area contributed by atoms with Crippen LogP contribution in [0.4, 0.5) is 0 Å². The predicted octanol–water partition coefficient (Wildman–Crippen LogP) is 6.14. The summed E-state index contributed by atoms with van der Waals surface area (Å²) in [6, 6.07) is 0. The van der Waals surface area contributed by atoms with Crippen molar-refractivity contribution in [2.24, 2.45) is 17.1 Å². The van der Waals surface area contributed by atoms with Crippen LogP contribution in [0.5, 0.6) is 0 Å². The van der Waals surface area contributed by atoms with Crippen LogP contribution < -0.4 is 5.73 Å². The Bertz CT molecular complexity index is 424. The molecule has 152 valence electrons. The lowest BCUT2D eigenvalue weighted by Crippen LogP contribution is -2.69. The van der Waals surface area contributed by atoms with Gasteiger partial charge in [0.2, 0.25) is 5.91 Å². The van der Waals surface area contributed by atoms with Gasteiger partial charge in [0.25, 0.3) is 0 Å². The highest BCUT2D eigenvalue weighted by molar-refractivity contribution is 5.78. The van der Waals surface area contributed by atoms with Gasteiger partial charge in [-0.3, -0.25) is 4.79 Å². The lowest BCUT2D eigenvalue weighted by molar-refractivity contribution is -0.305. The van der Waals surface area contributed by atoms with Crippen molar-refractivity contribution in [3.05, 3.63) is 0 Å². The third-order valence-electron chi connectivity index (χ3n) is 7.22. The molecule has 2 aliphatic rings. The van der Waals surface area contributed by atoms with Crippen LogP contribution in [-0.2, 0) is 9.53 Å². The third-order valence-corrected chi connectivity index (χ3v) is 7.22. The zero-order valence-electron chi connectivity index (χ0n) is 17.5. The summed E-state index contributed by atoms with van der Waals surface area (Å²) < 4.78 is 6.30. The number of rotatable bonds is 13. The molecule has 1 amide bonds. The first-order valence-corrected chi connectivity index (χ1v) is 11.5. The summed E-state index contributed by atoms with van der Waals surface area (Å²) in [7, 11) is 0. The van der Waals surface area contributed by atoms with E-state index in [1.165, 1.54) is 83.5 Å². The van der Waals surface area contributed by atoms with Gasteiger partial charge in [-0.2, -0.15) is 0 Å². The maximum atomic E-state index is 12.2. The Labute approximate surface area is 161 Å². The molecule has 2 fully saturated rings. The van der Waals surface area contributed by atoms with Crippen molar-refractivity contribution in [1.82, 2.24) is 0 Å². The van der Waals surface area contributed by atoms with Gasteiger partial charge in [0, 0.05) is 5.41 Å². The fourth-order valence-electron chi connectivity index (χ4n) is 5.61. The quantitative estimate of drug-likeness (QED) is 0.399. The number of carbonyl (C=O) groups excluding carboxylic acids is 1. The minimum atomic E-state index is -0.229. The van der Waals surface area contributed by atoms with Gasteiger partial charge in [-0.1, -0.05) is 90.9 Å². The lowest BCUT2D eigenvalue weighted by Gasteiger charge is -2.64. The predicted molar refractivity (Wildman–Crippen MR) is 109 cm³/mol. The molecule has 0 radical (unpaired) electrons. The molecule has 3 heteroatoms. The Balaban J connectivity index is 2.01. The molecule has 0 bridgehead atoms. The van der Waals surface area contributed by atoms with Crippen molar-refractivity contribution in [3.63, 3.8) is 0 Å². The molecule has 1 spiro atoms. The zero-order valence-corrected chi connectivity index (χ0v) is 17.5. The Hall–Kier alpha value is -0.570. The topological polar surface area (TPSA) is 52.3 Å². The first-order chi connectivity index (χ1) is 12.6. The van der Waals surface area contributed by atoms with Gasteiger partial charge in [-0.15, -0.1) is 0 Å². The van der Waals surface area contributed by atoms with Crippen LogP contribution in [0.2, 0.25) is 0 Å². The van der Waals surface area contributed by atoms with E-state index in [2.05, 4.69) is 13.8 Å². The van der Waals surface area contributed by atoms with Gasteiger partial charge in [0.15, 0.2) is 0 Å². The second kappa shape index (κ2) is 10.7. The van der Waals surface area contributed by atoms with Gasteiger partial charge in [-0.05, 0) is 25.7 Å². The first kappa shape index (κ1) is 21.7. The minimum Gasteiger partial charge on any atom is -0.373 e. The first-order valence-electron chi connectivity index (χ1n) is 11.5. The fraction of sp³-hybridized carbons (Fsp3) is 0.957. The second-order valence-electron chi connectivity index (χ2n) is 8.99. The Morgan fingerprint density at radius 2 is 1.50 bits per heavy atom. The molecule has 1 saturated carbocycles. The number of ether oxygens (including phenoxy) is 1. The van der Waals surface area contributed by atoms with E-state index in [1.807, 2.05) is 0 Å². The van der Waals surface area contributed by atoms with Gasteiger partial charge in [0.1, 0.15) is 0 Å². The summed E-state index contributed by atoms with van der Waals surface area (Å²) in [4.78, 5) is 12.2. The van der Waals surface area contributed by atoms with E-state index in [9.17, 15) is 4.79 Å². The van der Waals surface area contributed by atoms with Crippen LogP contribution in [0.1, 0.15) is 117 Å². The highest BCUT2D eigenvalue weighted by Crippen LogP contribution is 2.60. The fourth-order valence-corrected chi connectivity index (χ4v) is 5.61. The molecule has 26 heavy (non-hydrogen) atoms. The minimum absolute atomic E-state index is 0.0590. The molecular formula is C23H43NO2. The summed E-state index contributed by atoms with van der Waals surface area (Å²) >= 11 is 0. The maximum absolute atomic E-state index is 12.2. The van der Waals surface area contributed by atoms with Crippen LogP contribution in [0, 0.1) is 11.3 Å². The molecule has 0 aromatic carbocycles. The number of carbonyl (C=O) groups is 1. The van der Waals surface area contributed by atoms with Gasteiger partial charge < -0.3 is 10.5 Å². The smallest absolute Gasteiger partial charge is 0.223 e. The standard InChI is InChI=1S/C23H43NO2/c1-3-5-7-9-10-13-17-22(16-12-8-6-4-2)19-26-23(22)18-14-11-15-20(23)21(24)25/h20H,3-19H2,1-2H3,(H2,24,25). The maximum Gasteiger partial charge on any atom is 0.223 e. The molecule has 2 N–H and O–H groups in total. The molecule has 2 rings (SSSR count).